The molecule has 3 nitrogen and oxygen atoms in total. The maximum atomic E-state index is 12.2. The Labute approximate surface area is 121 Å². The van der Waals surface area contributed by atoms with E-state index in [1.807, 2.05) is 25.1 Å². The lowest BCUT2D eigenvalue weighted by atomic mass is 10.1. The summed E-state index contributed by atoms with van der Waals surface area (Å²) in [6.45, 7) is 8.55. The molecular formula is C16H26FNO2. The van der Waals surface area contributed by atoms with Crippen LogP contribution in [0.3, 0.4) is 0 Å². The summed E-state index contributed by atoms with van der Waals surface area (Å²) in [5, 5.41) is 3.39. The van der Waals surface area contributed by atoms with Crippen LogP contribution in [0.1, 0.15) is 32.8 Å². The van der Waals surface area contributed by atoms with Gasteiger partial charge in [0.25, 0.3) is 0 Å². The molecule has 0 saturated carbocycles. The predicted octanol–water partition coefficient (Wildman–Crippen LogP) is 3.57. The van der Waals surface area contributed by atoms with Crippen LogP contribution in [0.5, 0.6) is 11.5 Å². The zero-order chi connectivity index (χ0) is 14.8. The highest BCUT2D eigenvalue weighted by molar-refractivity contribution is 5.46. The summed E-state index contributed by atoms with van der Waals surface area (Å²) < 4.78 is 23.5. The van der Waals surface area contributed by atoms with Gasteiger partial charge in [0, 0.05) is 18.5 Å². The SMILES string of the molecule is CCOc1cccc(CNCC(C)C)c1OCCCF. The fraction of sp³-hybridized carbons (Fsp3) is 0.625. The van der Waals surface area contributed by atoms with Crippen molar-refractivity contribution in [3.63, 3.8) is 0 Å². The Morgan fingerprint density at radius 2 is 2.05 bits per heavy atom. The van der Waals surface area contributed by atoms with Crippen molar-refractivity contribution in [2.45, 2.75) is 33.7 Å². The van der Waals surface area contributed by atoms with E-state index in [0.717, 1.165) is 30.2 Å². The number of rotatable bonds is 10. The van der Waals surface area contributed by atoms with E-state index in [1.165, 1.54) is 0 Å². The van der Waals surface area contributed by atoms with Crippen molar-refractivity contribution < 1.29 is 13.9 Å². The number of hydrogen-bond donors (Lipinski definition) is 1. The second kappa shape index (κ2) is 9.59. The van der Waals surface area contributed by atoms with Crippen LogP contribution in [-0.2, 0) is 6.54 Å². The molecule has 114 valence electrons. The fourth-order valence-corrected chi connectivity index (χ4v) is 1.86. The van der Waals surface area contributed by atoms with Gasteiger partial charge in [-0.05, 0) is 25.5 Å². The zero-order valence-corrected chi connectivity index (χ0v) is 12.7. The molecule has 0 spiro atoms. The molecular weight excluding hydrogens is 257 g/mol. The van der Waals surface area contributed by atoms with Gasteiger partial charge in [0.05, 0.1) is 19.9 Å². The van der Waals surface area contributed by atoms with E-state index < -0.39 is 0 Å². The number of benzene rings is 1. The highest BCUT2D eigenvalue weighted by Gasteiger charge is 2.11. The molecule has 1 aromatic rings. The van der Waals surface area contributed by atoms with E-state index in [1.54, 1.807) is 0 Å². The van der Waals surface area contributed by atoms with E-state index in [-0.39, 0.29) is 6.67 Å². The molecule has 0 fully saturated rings. The van der Waals surface area contributed by atoms with Gasteiger partial charge in [-0.2, -0.15) is 0 Å². The molecule has 1 rings (SSSR count). The number of ether oxygens (including phenoxy) is 2. The lowest BCUT2D eigenvalue weighted by Crippen LogP contribution is -2.19. The minimum absolute atomic E-state index is 0.363. The van der Waals surface area contributed by atoms with Gasteiger partial charge in [0.1, 0.15) is 0 Å². The van der Waals surface area contributed by atoms with Crippen molar-refractivity contribution in [3.05, 3.63) is 23.8 Å². The molecule has 20 heavy (non-hydrogen) atoms. The fourth-order valence-electron chi connectivity index (χ4n) is 1.86. The molecule has 0 amide bonds. The first-order valence-corrected chi connectivity index (χ1v) is 7.33. The number of nitrogens with one attached hydrogen (secondary N) is 1. The van der Waals surface area contributed by atoms with Gasteiger partial charge in [-0.3, -0.25) is 4.39 Å². The number of alkyl halides is 1. The molecule has 0 saturated heterocycles. The van der Waals surface area contributed by atoms with Crippen LogP contribution in [0.15, 0.2) is 18.2 Å². The summed E-state index contributed by atoms with van der Waals surface area (Å²) in [7, 11) is 0. The van der Waals surface area contributed by atoms with Gasteiger partial charge in [-0.25, -0.2) is 0 Å². The summed E-state index contributed by atoms with van der Waals surface area (Å²) in [6.07, 6.45) is 0.402. The minimum Gasteiger partial charge on any atom is -0.490 e. The molecule has 0 radical (unpaired) electrons. The third kappa shape index (κ3) is 5.78. The monoisotopic (exact) mass is 283 g/mol. The smallest absolute Gasteiger partial charge is 0.165 e. The molecule has 4 heteroatoms. The third-order valence-corrected chi connectivity index (χ3v) is 2.75. The molecule has 0 atom stereocenters. The Balaban J connectivity index is 2.75. The number of hydrogen-bond acceptors (Lipinski definition) is 3. The molecule has 1 aromatic carbocycles. The van der Waals surface area contributed by atoms with E-state index in [2.05, 4.69) is 19.2 Å². The average molecular weight is 283 g/mol. The van der Waals surface area contributed by atoms with Crippen LogP contribution in [0.4, 0.5) is 4.39 Å². The van der Waals surface area contributed by atoms with Gasteiger partial charge < -0.3 is 14.8 Å². The van der Waals surface area contributed by atoms with Crippen molar-refractivity contribution in [1.82, 2.24) is 5.32 Å². The Morgan fingerprint density at radius 3 is 2.70 bits per heavy atom. The normalized spacial score (nSPS) is 10.8. The van der Waals surface area contributed by atoms with E-state index in [4.69, 9.17) is 9.47 Å². The maximum Gasteiger partial charge on any atom is 0.165 e. The zero-order valence-electron chi connectivity index (χ0n) is 12.7. The predicted molar refractivity (Wildman–Crippen MR) is 80.2 cm³/mol. The van der Waals surface area contributed by atoms with Crippen molar-refractivity contribution in [2.24, 2.45) is 5.92 Å². The molecule has 0 unspecified atom stereocenters. The van der Waals surface area contributed by atoms with Crippen LogP contribution in [-0.4, -0.2) is 26.4 Å². The standard InChI is InChI=1S/C16H26FNO2/c1-4-19-15-8-5-7-14(12-18-11-13(2)3)16(15)20-10-6-9-17/h5,7-8,13,18H,4,6,9-12H2,1-3H3. The first-order chi connectivity index (χ1) is 9.69. The Kier molecular flexibility index (Phi) is 8.04. The van der Waals surface area contributed by atoms with Crippen LogP contribution in [0.25, 0.3) is 0 Å². The first kappa shape index (κ1) is 16.8. The van der Waals surface area contributed by atoms with Crippen molar-refractivity contribution in [1.29, 1.82) is 0 Å². The van der Waals surface area contributed by atoms with Gasteiger partial charge in [-0.1, -0.05) is 26.0 Å². The van der Waals surface area contributed by atoms with Gasteiger partial charge in [-0.15, -0.1) is 0 Å². The van der Waals surface area contributed by atoms with Crippen molar-refractivity contribution >= 4 is 0 Å². The van der Waals surface area contributed by atoms with Gasteiger partial charge in [0.2, 0.25) is 0 Å². The number of para-hydroxylation sites is 1. The lowest BCUT2D eigenvalue weighted by Gasteiger charge is -2.16. The molecule has 0 aliphatic heterocycles. The Morgan fingerprint density at radius 1 is 1.25 bits per heavy atom. The second-order valence-electron chi connectivity index (χ2n) is 5.09. The van der Waals surface area contributed by atoms with Crippen LogP contribution in [0.2, 0.25) is 0 Å². The van der Waals surface area contributed by atoms with Crippen molar-refractivity contribution in [3.8, 4) is 11.5 Å². The molecule has 0 aliphatic carbocycles. The quantitative estimate of drug-likeness (QED) is 0.666. The summed E-state index contributed by atoms with van der Waals surface area (Å²) in [4.78, 5) is 0. The molecule has 1 N–H and O–H groups in total. The minimum atomic E-state index is -0.363. The van der Waals surface area contributed by atoms with E-state index in [9.17, 15) is 4.39 Å². The summed E-state index contributed by atoms with van der Waals surface area (Å²) >= 11 is 0. The van der Waals surface area contributed by atoms with Gasteiger partial charge >= 0.3 is 0 Å². The summed E-state index contributed by atoms with van der Waals surface area (Å²) in [5.41, 5.74) is 1.05. The Hall–Kier alpha value is -1.29. The molecule has 0 bridgehead atoms. The summed E-state index contributed by atoms with van der Waals surface area (Å²) in [5.74, 6) is 2.07. The topological polar surface area (TPSA) is 30.5 Å². The van der Waals surface area contributed by atoms with Gasteiger partial charge in [0.15, 0.2) is 11.5 Å². The van der Waals surface area contributed by atoms with Crippen molar-refractivity contribution in [2.75, 3.05) is 26.4 Å². The molecule has 0 heterocycles. The van der Waals surface area contributed by atoms with Crippen LogP contribution < -0.4 is 14.8 Å². The number of halogens is 1. The lowest BCUT2D eigenvalue weighted by molar-refractivity contribution is 0.259. The second-order valence-corrected chi connectivity index (χ2v) is 5.09. The largest absolute Gasteiger partial charge is 0.490 e. The molecule has 0 aliphatic rings. The van der Waals surface area contributed by atoms with Crippen LogP contribution in [0, 0.1) is 5.92 Å². The summed E-state index contributed by atoms with van der Waals surface area (Å²) in [6, 6.07) is 5.86. The molecule has 0 aromatic heterocycles. The first-order valence-electron chi connectivity index (χ1n) is 7.33. The Bertz CT molecular complexity index is 383. The highest BCUT2D eigenvalue weighted by Crippen LogP contribution is 2.31. The van der Waals surface area contributed by atoms with E-state index in [0.29, 0.717) is 25.6 Å². The highest BCUT2D eigenvalue weighted by atomic mass is 19.1. The van der Waals surface area contributed by atoms with Crippen LogP contribution >= 0.6 is 0 Å². The van der Waals surface area contributed by atoms with E-state index >= 15 is 0 Å². The maximum absolute atomic E-state index is 12.2. The third-order valence-electron chi connectivity index (χ3n) is 2.75. The average Bonchev–Trinajstić information content (AvgIpc) is 2.41.